The minimum atomic E-state index is -0.0853. The molecule has 0 fully saturated rings. The molecule has 1 N–H and O–H groups in total. The van der Waals surface area contributed by atoms with E-state index in [1.165, 1.54) is 0 Å². The first-order valence-electron chi connectivity index (χ1n) is 7.37. The second-order valence-corrected chi connectivity index (χ2v) is 6.47. The van der Waals surface area contributed by atoms with E-state index in [9.17, 15) is 0 Å². The number of hydrogen-bond acceptors (Lipinski definition) is 5. The highest BCUT2D eigenvalue weighted by molar-refractivity contribution is 7.99. The van der Waals surface area contributed by atoms with Gasteiger partial charge in [-0.2, -0.15) is 5.26 Å². The van der Waals surface area contributed by atoms with Crippen LogP contribution >= 0.6 is 11.8 Å². The largest absolute Gasteiger partial charge is 0.490 e. The van der Waals surface area contributed by atoms with Crippen molar-refractivity contribution in [3.8, 4) is 17.6 Å². The average Bonchev–Trinajstić information content (AvgIpc) is 2.70. The standard InChI is InChI=1S/C16H22N2O2S/c1-12(2)18-13(11-17)6-9-21-14-4-5-15-16(10-14)20-8-3-7-19-15/h4-5,10,12-13,18H,3,6-9H2,1-2H3. The zero-order valence-corrected chi connectivity index (χ0v) is 13.4. The van der Waals surface area contributed by atoms with Crippen LogP contribution in [-0.2, 0) is 0 Å². The molecular weight excluding hydrogens is 284 g/mol. The molecule has 0 aromatic heterocycles. The van der Waals surface area contributed by atoms with Crippen LogP contribution in [-0.4, -0.2) is 31.1 Å². The molecule has 21 heavy (non-hydrogen) atoms. The van der Waals surface area contributed by atoms with Crippen molar-refractivity contribution >= 4 is 11.8 Å². The molecular formula is C16H22N2O2S. The van der Waals surface area contributed by atoms with Crippen LogP contribution in [0.4, 0.5) is 0 Å². The summed E-state index contributed by atoms with van der Waals surface area (Å²) in [5, 5.41) is 12.4. The van der Waals surface area contributed by atoms with Gasteiger partial charge in [0.2, 0.25) is 0 Å². The monoisotopic (exact) mass is 306 g/mol. The van der Waals surface area contributed by atoms with Crippen LogP contribution in [0.25, 0.3) is 0 Å². The summed E-state index contributed by atoms with van der Waals surface area (Å²) in [6.45, 7) is 5.53. The van der Waals surface area contributed by atoms with Gasteiger partial charge >= 0.3 is 0 Å². The predicted molar refractivity (Wildman–Crippen MR) is 85.1 cm³/mol. The van der Waals surface area contributed by atoms with Crippen molar-refractivity contribution in [1.29, 1.82) is 5.26 Å². The van der Waals surface area contributed by atoms with Gasteiger partial charge in [0.25, 0.3) is 0 Å². The first kappa shape index (κ1) is 16.0. The van der Waals surface area contributed by atoms with Gasteiger partial charge in [0.05, 0.1) is 25.3 Å². The maximum atomic E-state index is 9.10. The van der Waals surface area contributed by atoms with E-state index in [0.29, 0.717) is 19.3 Å². The van der Waals surface area contributed by atoms with Crippen LogP contribution in [0, 0.1) is 11.3 Å². The lowest BCUT2D eigenvalue weighted by molar-refractivity contribution is 0.297. The third kappa shape index (κ3) is 5.14. The van der Waals surface area contributed by atoms with E-state index in [4.69, 9.17) is 14.7 Å². The molecule has 1 unspecified atom stereocenters. The molecule has 0 amide bonds. The summed E-state index contributed by atoms with van der Waals surface area (Å²) in [6.07, 6.45) is 1.75. The summed E-state index contributed by atoms with van der Waals surface area (Å²) in [5.74, 6) is 2.56. The quantitative estimate of drug-likeness (QED) is 0.818. The fourth-order valence-electron chi connectivity index (χ4n) is 2.12. The Balaban J connectivity index is 1.86. The van der Waals surface area contributed by atoms with Gasteiger partial charge in [0, 0.05) is 23.1 Å². The topological polar surface area (TPSA) is 54.3 Å². The normalized spacial score (nSPS) is 15.3. The summed E-state index contributed by atoms with van der Waals surface area (Å²) >= 11 is 1.74. The van der Waals surface area contributed by atoms with Crippen LogP contribution in [0.2, 0.25) is 0 Å². The molecule has 0 bridgehead atoms. The minimum Gasteiger partial charge on any atom is -0.490 e. The van der Waals surface area contributed by atoms with Crippen molar-refractivity contribution in [2.24, 2.45) is 0 Å². The number of nitrogens with zero attached hydrogens (tertiary/aromatic N) is 1. The Kier molecular flexibility index (Phi) is 6.21. The van der Waals surface area contributed by atoms with Crippen molar-refractivity contribution < 1.29 is 9.47 Å². The Morgan fingerprint density at radius 1 is 1.29 bits per heavy atom. The highest BCUT2D eigenvalue weighted by Crippen LogP contribution is 2.34. The Hall–Kier alpha value is -1.38. The van der Waals surface area contributed by atoms with Gasteiger partial charge in [0.15, 0.2) is 11.5 Å². The summed E-state index contributed by atoms with van der Waals surface area (Å²) in [7, 11) is 0. The van der Waals surface area contributed by atoms with Crippen molar-refractivity contribution in [3.05, 3.63) is 18.2 Å². The molecule has 0 spiro atoms. The van der Waals surface area contributed by atoms with Crippen LogP contribution in [0.3, 0.4) is 0 Å². The molecule has 2 rings (SSSR count). The fourth-order valence-corrected chi connectivity index (χ4v) is 3.06. The van der Waals surface area contributed by atoms with Crippen LogP contribution < -0.4 is 14.8 Å². The first-order chi connectivity index (χ1) is 10.2. The van der Waals surface area contributed by atoms with Crippen molar-refractivity contribution in [2.45, 2.75) is 43.7 Å². The van der Waals surface area contributed by atoms with E-state index in [-0.39, 0.29) is 6.04 Å². The second-order valence-electron chi connectivity index (χ2n) is 5.30. The number of benzene rings is 1. The Labute approximate surface area is 130 Å². The Morgan fingerprint density at radius 3 is 2.76 bits per heavy atom. The number of fused-ring (bicyclic) bond motifs is 1. The second kappa shape index (κ2) is 8.16. The highest BCUT2D eigenvalue weighted by atomic mass is 32.2. The average molecular weight is 306 g/mol. The lowest BCUT2D eigenvalue weighted by atomic mass is 10.2. The van der Waals surface area contributed by atoms with Gasteiger partial charge < -0.3 is 9.47 Å². The molecule has 0 saturated heterocycles. The van der Waals surface area contributed by atoms with Crippen molar-refractivity contribution in [1.82, 2.24) is 5.32 Å². The van der Waals surface area contributed by atoms with Gasteiger partial charge in [-0.25, -0.2) is 0 Å². The van der Waals surface area contributed by atoms with Gasteiger partial charge in [-0.1, -0.05) is 0 Å². The smallest absolute Gasteiger partial charge is 0.162 e. The molecule has 0 radical (unpaired) electrons. The summed E-state index contributed by atoms with van der Waals surface area (Å²) in [6, 6.07) is 8.61. The minimum absolute atomic E-state index is 0.0853. The molecule has 1 atom stereocenters. The highest BCUT2D eigenvalue weighted by Gasteiger charge is 2.12. The lowest BCUT2D eigenvalue weighted by Gasteiger charge is -2.14. The third-order valence-electron chi connectivity index (χ3n) is 3.08. The van der Waals surface area contributed by atoms with Crippen LogP contribution in [0.15, 0.2) is 23.1 Å². The molecule has 5 heteroatoms. The predicted octanol–water partition coefficient (Wildman–Crippen LogP) is 3.22. The van der Waals surface area contributed by atoms with Gasteiger partial charge in [-0.3, -0.25) is 5.32 Å². The molecule has 0 saturated carbocycles. The van der Waals surface area contributed by atoms with Gasteiger partial charge in [0.1, 0.15) is 0 Å². The Bertz CT molecular complexity index is 500. The third-order valence-corrected chi connectivity index (χ3v) is 4.11. The number of thioether (sulfide) groups is 1. The van der Waals surface area contributed by atoms with Crippen molar-refractivity contribution in [2.75, 3.05) is 19.0 Å². The number of hydrogen-bond donors (Lipinski definition) is 1. The number of ether oxygens (including phenoxy) is 2. The molecule has 1 aromatic rings. The maximum Gasteiger partial charge on any atom is 0.162 e. The molecule has 1 aliphatic rings. The van der Waals surface area contributed by atoms with E-state index < -0.39 is 0 Å². The van der Waals surface area contributed by atoms with Gasteiger partial charge in [-0.05, 0) is 38.5 Å². The van der Waals surface area contributed by atoms with E-state index in [2.05, 4.69) is 31.3 Å². The molecule has 0 aliphatic carbocycles. The lowest BCUT2D eigenvalue weighted by Crippen LogP contribution is -2.33. The van der Waals surface area contributed by atoms with Crippen LogP contribution in [0.1, 0.15) is 26.7 Å². The van der Waals surface area contributed by atoms with E-state index in [0.717, 1.165) is 35.0 Å². The maximum absolute atomic E-state index is 9.10. The van der Waals surface area contributed by atoms with E-state index >= 15 is 0 Å². The Morgan fingerprint density at radius 2 is 2.05 bits per heavy atom. The van der Waals surface area contributed by atoms with Gasteiger partial charge in [-0.15, -0.1) is 11.8 Å². The molecule has 114 valence electrons. The number of nitriles is 1. The number of rotatable bonds is 6. The zero-order valence-electron chi connectivity index (χ0n) is 12.6. The van der Waals surface area contributed by atoms with E-state index in [1.807, 2.05) is 12.1 Å². The van der Waals surface area contributed by atoms with Crippen molar-refractivity contribution in [3.63, 3.8) is 0 Å². The first-order valence-corrected chi connectivity index (χ1v) is 8.35. The zero-order chi connectivity index (χ0) is 15.1. The summed E-state index contributed by atoms with van der Waals surface area (Å²) in [4.78, 5) is 1.15. The summed E-state index contributed by atoms with van der Waals surface area (Å²) in [5.41, 5.74) is 0. The molecule has 4 nitrogen and oxygen atoms in total. The fraction of sp³-hybridized carbons (Fsp3) is 0.562. The van der Waals surface area contributed by atoms with Crippen LogP contribution in [0.5, 0.6) is 11.5 Å². The summed E-state index contributed by atoms with van der Waals surface area (Å²) < 4.78 is 11.3. The SMILES string of the molecule is CC(C)NC(C#N)CCSc1ccc2c(c1)OCCCO2. The molecule has 1 aliphatic heterocycles. The van der Waals surface area contributed by atoms with E-state index in [1.54, 1.807) is 11.8 Å². The number of nitrogens with one attached hydrogen (secondary N) is 1. The molecule has 1 aromatic carbocycles. The molecule has 1 heterocycles.